The van der Waals surface area contributed by atoms with Crippen LogP contribution in [0.3, 0.4) is 0 Å². The van der Waals surface area contributed by atoms with E-state index in [-0.39, 0.29) is 18.0 Å². The number of pyridine rings is 1. The van der Waals surface area contributed by atoms with Crippen molar-refractivity contribution in [3.63, 3.8) is 0 Å². The van der Waals surface area contributed by atoms with E-state index in [9.17, 15) is 13.2 Å². The third-order valence-corrected chi connectivity index (χ3v) is 4.75. The van der Waals surface area contributed by atoms with E-state index in [0.717, 1.165) is 6.26 Å². The number of carbonyl (C=O) groups excluding carboxylic acids is 1. The zero-order valence-corrected chi connectivity index (χ0v) is 20.8. The van der Waals surface area contributed by atoms with E-state index >= 15 is 0 Å². The van der Waals surface area contributed by atoms with Crippen LogP contribution < -0.4 is 4.74 Å². The monoisotopic (exact) mass is 507 g/mol. The summed E-state index contributed by atoms with van der Waals surface area (Å²) in [6.45, 7) is 2.59. The fraction of sp³-hybridized carbons (Fsp3) is 0.417. The Labute approximate surface area is 205 Å². The van der Waals surface area contributed by atoms with Crippen LogP contribution in [0, 0.1) is 11.8 Å². The minimum absolute atomic E-state index is 0.00101. The Bertz CT molecular complexity index is 1110. The number of benzene rings is 1. The van der Waals surface area contributed by atoms with E-state index in [2.05, 4.69) is 16.8 Å². The standard InChI is InChI=1S/C24H29NO9S/c1-29-10-11-31-12-13-32-14-15-33-22-8-6-19(7-9-22)4-5-20-16-21(18-34-35(3,27)28)25-23(17-20)24(26)30-2/h6-9,16-17H,10-15,18H2,1-3H3. The van der Waals surface area contributed by atoms with E-state index in [4.69, 9.17) is 27.9 Å². The minimum Gasteiger partial charge on any atom is -0.491 e. The molecule has 2 aromatic rings. The molecule has 0 amide bonds. The first-order valence-corrected chi connectivity index (χ1v) is 12.5. The van der Waals surface area contributed by atoms with Gasteiger partial charge in [-0.15, -0.1) is 0 Å². The molecular weight excluding hydrogens is 478 g/mol. The fourth-order valence-electron chi connectivity index (χ4n) is 2.57. The summed E-state index contributed by atoms with van der Waals surface area (Å²) in [5, 5.41) is 0. The van der Waals surface area contributed by atoms with Crippen LogP contribution in [0.25, 0.3) is 0 Å². The summed E-state index contributed by atoms with van der Waals surface area (Å²) in [5.74, 6) is 5.93. The van der Waals surface area contributed by atoms with Crippen molar-refractivity contribution >= 4 is 16.1 Å². The number of carbonyl (C=O) groups is 1. The van der Waals surface area contributed by atoms with Crippen LogP contribution in [0.15, 0.2) is 36.4 Å². The first-order valence-electron chi connectivity index (χ1n) is 10.6. The molecule has 10 nitrogen and oxygen atoms in total. The molecule has 1 aromatic carbocycles. The number of methoxy groups -OCH3 is 2. The number of aromatic nitrogens is 1. The molecule has 0 saturated heterocycles. The number of nitrogens with zero attached hydrogens (tertiary/aromatic N) is 1. The summed E-state index contributed by atoms with van der Waals surface area (Å²) in [4.78, 5) is 16.0. The number of ether oxygens (including phenoxy) is 5. The lowest BCUT2D eigenvalue weighted by molar-refractivity contribution is 0.0180. The number of hydrogen-bond donors (Lipinski definition) is 0. The Balaban J connectivity index is 1.92. The highest BCUT2D eigenvalue weighted by Gasteiger charge is 2.12. The van der Waals surface area contributed by atoms with Crippen molar-refractivity contribution in [2.24, 2.45) is 0 Å². The first-order chi connectivity index (χ1) is 16.8. The van der Waals surface area contributed by atoms with Gasteiger partial charge in [0.15, 0.2) is 0 Å². The maximum absolute atomic E-state index is 11.9. The lowest BCUT2D eigenvalue weighted by Crippen LogP contribution is -2.12. The van der Waals surface area contributed by atoms with Crippen LogP contribution in [-0.4, -0.2) is 79.5 Å². The molecule has 0 saturated carbocycles. The van der Waals surface area contributed by atoms with Crippen LogP contribution in [0.4, 0.5) is 0 Å². The van der Waals surface area contributed by atoms with Gasteiger partial charge in [-0.3, -0.25) is 4.18 Å². The minimum atomic E-state index is -3.67. The highest BCUT2D eigenvalue weighted by atomic mass is 32.2. The number of hydrogen-bond acceptors (Lipinski definition) is 10. The van der Waals surface area contributed by atoms with E-state index in [1.165, 1.54) is 13.2 Å². The lowest BCUT2D eigenvalue weighted by atomic mass is 10.1. The van der Waals surface area contributed by atoms with Crippen molar-refractivity contribution in [3.8, 4) is 17.6 Å². The highest BCUT2D eigenvalue weighted by Crippen LogP contribution is 2.13. The Morgan fingerprint density at radius 3 is 2.14 bits per heavy atom. The molecule has 0 aliphatic heterocycles. The molecule has 0 aliphatic carbocycles. The summed E-state index contributed by atoms with van der Waals surface area (Å²) < 4.78 is 53.2. The second-order valence-electron chi connectivity index (χ2n) is 7.03. The SMILES string of the molecule is COCCOCCOCCOc1ccc(C#Cc2cc(COS(C)(=O)=O)nc(C(=O)OC)c2)cc1. The molecule has 11 heteroatoms. The van der Waals surface area contributed by atoms with Crippen LogP contribution in [0.1, 0.15) is 27.3 Å². The van der Waals surface area contributed by atoms with Gasteiger partial charge in [0, 0.05) is 18.2 Å². The molecule has 1 heterocycles. The molecule has 0 N–H and O–H groups in total. The predicted molar refractivity (Wildman–Crippen MR) is 127 cm³/mol. The summed E-state index contributed by atoms with van der Waals surface area (Å²) >= 11 is 0. The molecule has 35 heavy (non-hydrogen) atoms. The van der Waals surface area contributed by atoms with Gasteiger partial charge >= 0.3 is 5.97 Å². The predicted octanol–water partition coefficient (Wildman–Crippen LogP) is 1.80. The highest BCUT2D eigenvalue weighted by molar-refractivity contribution is 7.85. The van der Waals surface area contributed by atoms with Crippen molar-refractivity contribution in [2.75, 3.05) is 60.1 Å². The smallest absolute Gasteiger partial charge is 0.356 e. The lowest BCUT2D eigenvalue weighted by Gasteiger charge is -2.07. The van der Waals surface area contributed by atoms with Crippen molar-refractivity contribution in [1.82, 2.24) is 4.98 Å². The van der Waals surface area contributed by atoms with Gasteiger partial charge in [0.2, 0.25) is 0 Å². The van der Waals surface area contributed by atoms with E-state index < -0.39 is 16.1 Å². The topological polar surface area (TPSA) is 119 Å². The molecule has 0 atom stereocenters. The molecule has 0 bridgehead atoms. The zero-order chi connectivity index (χ0) is 25.5. The van der Waals surface area contributed by atoms with E-state index in [1.807, 2.05) is 0 Å². The molecule has 0 aliphatic rings. The van der Waals surface area contributed by atoms with Gasteiger partial charge < -0.3 is 23.7 Å². The molecular formula is C24H29NO9S. The van der Waals surface area contributed by atoms with Gasteiger partial charge in [-0.1, -0.05) is 11.8 Å². The maximum Gasteiger partial charge on any atom is 0.356 e. The molecule has 190 valence electrons. The quantitative estimate of drug-likeness (QED) is 0.162. The van der Waals surface area contributed by atoms with Gasteiger partial charge in [-0.05, 0) is 36.4 Å². The normalized spacial score (nSPS) is 10.9. The molecule has 0 fully saturated rings. The second-order valence-corrected chi connectivity index (χ2v) is 8.67. The third-order valence-electron chi connectivity index (χ3n) is 4.20. The van der Waals surface area contributed by atoms with Crippen molar-refractivity contribution in [2.45, 2.75) is 6.61 Å². The fourth-order valence-corrected chi connectivity index (χ4v) is 2.91. The van der Waals surface area contributed by atoms with Gasteiger partial charge in [0.25, 0.3) is 10.1 Å². The zero-order valence-electron chi connectivity index (χ0n) is 19.9. The van der Waals surface area contributed by atoms with Gasteiger partial charge in [0.1, 0.15) is 24.7 Å². The van der Waals surface area contributed by atoms with Gasteiger partial charge in [-0.25, -0.2) is 9.78 Å². The van der Waals surface area contributed by atoms with Gasteiger partial charge in [-0.2, -0.15) is 8.42 Å². The van der Waals surface area contributed by atoms with Gasteiger partial charge in [0.05, 0.1) is 52.1 Å². The second kappa shape index (κ2) is 15.1. The average Bonchev–Trinajstić information content (AvgIpc) is 2.85. The van der Waals surface area contributed by atoms with Crippen molar-refractivity contribution in [1.29, 1.82) is 0 Å². The Morgan fingerprint density at radius 2 is 1.51 bits per heavy atom. The Hall–Kier alpha value is -3.01. The van der Waals surface area contributed by atoms with E-state index in [0.29, 0.717) is 56.5 Å². The van der Waals surface area contributed by atoms with Crippen LogP contribution in [-0.2, 0) is 39.9 Å². The number of esters is 1. The van der Waals surface area contributed by atoms with E-state index in [1.54, 1.807) is 37.4 Å². The molecule has 2 rings (SSSR count). The Morgan fingerprint density at radius 1 is 0.886 bits per heavy atom. The van der Waals surface area contributed by atoms with Crippen LogP contribution in [0.5, 0.6) is 5.75 Å². The summed E-state index contributed by atoms with van der Waals surface area (Å²) in [5.41, 5.74) is 1.40. The number of rotatable bonds is 14. The van der Waals surface area contributed by atoms with Crippen LogP contribution in [0.2, 0.25) is 0 Å². The summed E-state index contributed by atoms with van der Waals surface area (Å²) in [6, 6.07) is 10.2. The molecule has 0 unspecified atom stereocenters. The largest absolute Gasteiger partial charge is 0.491 e. The first kappa shape index (κ1) is 28.2. The molecule has 1 aromatic heterocycles. The van der Waals surface area contributed by atoms with Crippen molar-refractivity contribution in [3.05, 3.63) is 58.9 Å². The van der Waals surface area contributed by atoms with Crippen LogP contribution >= 0.6 is 0 Å². The average molecular weight is 508 g/mol. The summed E-state index contributed by atoms with van der Waals surface area (Å²) in [6.07, 6.45) is 0.930. The van der Waals surface area contributed by atoms with Crippen molar-refractivity contribution < 1.29 is 41.1 Å². The maximum atomic E-state index is 11.9. The molecule has 0 radical (unpaired) electrons. The third kappa shape index (κ3) is 11.8. The Kier molecular flexibility index (Phi) is 12.2. The molecule has 0 spiro atoms. The summed E-state index contributed by atoms with van der Waals surface area (Å²) in [7, 11) is -0.823.